The zero-order valence-corrected chi connectivity index (χ0v) is 11.4. The molecule has 0 saturated heterocycles. The molecule has 1 aromatic heterocycles. The summed E-state index contributed by atoms with van der Waals surface area (Å²) in [7, 11) is 0. The van der Waals surface area contributed by atoms with Gasteiger partial charge in [-0.1, -0.05) is 20.8 Å². The summed E-state index contributed by atoms with van der Waals surface area (Å²) in [5, 5.41) is 10.1. The summed E-state index contributed by atoms with van der Waals surface area (Å²) in [5.74, 6) is 0.198. The minimum atomic E-state index is -0.920. The van der Waals surface area contributed by atoms with Gasteiger partial charge in [-0.15, -0.1) is 0 Å². The lowest BCUT2D eigenvalue weighted by molar-refractivity contribution is -0.115. The van der Waals surface area contributed by atoms with Crippen molar-refractivity contribution < 1.29 is 9.90 Å². The first-order valence-corrected chi connectivity index (χ1v) is 5.98. The van der Waals surface area contributed by atoms with Crippen LogP contribution in [0.3, 0.4) is 0 Å². The van der Waals surface area contributed by atoms with Gasteiger partial charge in [-0.05, 0) is 19.4 Å². The Balaban J connectivity index is 2.35. The number of hydrogen-bond donors (Lipinski definition) is 2. The predicted molar refractivity (Wildman–Crippen MR) is 69.2 cm³/mol. The van der Waals surface area contributed by atoms with Gasteiger partial charge in [-0.2, -0.15) is 0 Å². The molecule has 0 saturated carbocycles. The molecule has 2 rings (SSSR count). The molecule has 5 nitrogen and oxygen atoms in total. The fraction of sp³-hybridized carbons (Fsp3) is 0.538. The molecule has 1 atom stereocenters. The maximum atomic E-state index is 12.0. The molecule has 5 heteroatoms. The molecule has 1 aromatic rings. The quantitative estimate of drug-likeness (QED) is 0.796. The van der Waals surface area contributed by atoms with Crippen LogP contribution in [0, 0.1) is 0 Å². The Morgan fingerprint density at radius 1 is 1.39 bits per heavy atom. The van der Waals surface area contributed by atoms with E-state index < -0.39 is 6.23 Å². The van der Waals surface area contributed by atoms with Crippen molar-refractivity contribution in [3.05, 3.63) is 23.0 Å². The molecule has 0 spiro atoms. The zero-order chi connectivity index (χ0) is 13.7. The maximum absolute atomic E-state index is 12.0. The van der Waals surface area contributed by atoms with Crippen LogP contribution in [0.5, 0.6) is 0 Å². The Bertz CT molecular complexity index is 523. The monoisotopic (exact) mass is 249 g/mol. The number of aromatic nitrogens is 2. The van der Waals surface area contributed by atoms with Gasteiger partial charge in [-0.3, -0.25) is 4.79 Å². The third-order valence-corrected chi connectivity index (χ3v) is 3.36. The second-order valence-corrected chi connectivity index (χ2v) is 5.73. The Labute approximate surface area is 107 Å². The smallest absolute Gasteiger partial charge is 0.258 e. The van der Waals surface area contributed by atoms with E-state index in [1.165, 1.54) is 4.90 Å². The lowest BCUT2D eigenvalue weighted by Crippen LogP contribution is -2.36. The van der Waals surface area contributed by atoms with Gasteiger partial charge in [0.1, 0.15) is 0 Å². The van der Waals surface area contributed by atoms with Gasteiger partial charge < -0.3 is 10.1 Å². The van der Waals surface area contributed by atoms with Gasteiger partial charge in [0.15, 0.2) is 6.23 Å². The largest absolute Gasteiger partial charge is 0.369 e. The Kier molecular flexibility index (Phi) is 2.81. The average molecular weight is 249 g/mol. The number of carbonyl (C=O) groups is 1. The SMILES string of the molecule is CC1=C(C)C(O)N(c2ncc(C(C)(C)C)[nH]2)C1=O. The van der Waals surface area contributed by atoms with Crippen LogP contribution < -0.4 is 4.90 Å². The molecule has 1 aliphatic rings. The minimum Gasteiger partial charge on any atom is -0.369 e. The van der Waals surface area contributed by atoms with E-state index in [4.69, 9.17) is 0 Å². The number of carbonyl (C=O) groups excluding carboxylic acids is 1. The number of imidazole rings is 1. The summed E-state index contributed by atoms with van der Waals surface area (Å²) in [6, 6.07) is 0. The summed E-state index contributed by atoms with van der Waals surface area (Å²) < 4.78 is 0. The van der Waals surface area contributed by atoms with Crippen molar-refractivity contribution in [2.75, 3.05) is 4.90 Å². The Morgan fingerprint density at radius 3 is 2.39 bits per heavy atom. The number of rotatable bonds is 1. The van der Waals surface area contributed by atoms with Crippen LogP contribution in [0.4, 0.5) is 5.95 Å². The fourth-order valence-corrected chi connectivity index (χ4v) is 1.87. The second-order valence-electron chi connectivity index (χ2n) is 5.73. The molecule has 2 N–H and O–H groups in total. The molecule has 18 heavy (non-hydrogen) atoms. The van der Waals surface area contributed by atoms with E-state index in [0.29, 0.717) is 17.1 Å². The summed E-state index contributed by atoms with van der Waals surface area (Å²) in [4.78, 5) is 20.6. The molecule has 0 radical (unpaired) electrons. The minimum absolute atomic E-state index is 0.0729. The number of aromatic amines is 1. The topological polar surface area (TPSA) is 69.2 Å². The normalized spacial score (nSPS) is 21.1. The average Bonchev–Trinajstić information content (AvgIpc) is 2.81. The number of aliphatic hydroxyl groups is 1. The van der Waals surface area contributed by atoms with Crippen LogP contribution in [-0.4, -0.2) is 27.2 Å². The van der Waals surface area contributed by atoms with Gasteiger partial charge >= 0.3 is 0 Å². The highest BCUT2D eigenvalue weighted by molar-refractivity contribution is 6.08. The molecule has 98 valence electrons. The second kappa shape index (κ2) is 3.95. The summed E-state index contributed by atoms with van der Waals surface area (Å²) >= 11 is 0. The summed E-state index contributed by atoms with van der Waals surface area (Å²) in [6.45, 7) is 9.64. The number of anilines is 1. The number of amides is 1. The van der Waals surface area contributed by atoms with E-state index in [1.54, 1.807) is 20.0 Å². The zero-order valence-electron chi connectivity index (χ0n) is 11.4. The molecule has 1 unspecified atom stereocenters. The molecular formula is C13H19N3O2. The molecule has 0 fully saturated rings. The number of hydrogen-bond acceptors (Lipinski definition) is 3. The maximum Gasteiger partial charge on any atom is 0.258 e. The van der Waals surface area contributed by atoms with Crippen LogP contribution in [0.2, 0.25) is 0 Å². The van der Waals surface area contributed by atoms with E-state index in [-0.39, 0.29) is 11.3 Å². The lowest BCUT2D eigenvalue weighted by Gasteiger charge is -2.20. The summed E-state index contributed by atoms with van der Waals surface area (Å²) in [6.07, 6.45) is 0.787. The van der Waals surface area contributed by atoms with E-state index in [2.05, 4.69) is 30.7 Å². The van der Waals surface area contributed by atoms with Crippen LogP contribution >= 0.6 is 0 Å². The molecular weight excluding hydrogens is 230 g/mol. The van der Waals surface area contributed by atoms with E-state index in [1.807, 2.05) is 0 Å². The first kappa shape index (κ1) is 12.8. The third kappa shape index (κ3) is 1.84. The highest BCUT2D eigenvalue weighted by Gasteiger charge is 2.36. The first-order valence-electron chi connectivity index (χ1n) is 5.98. The van der Waals surface area contributed by atoms with Crippen molar-refractivity contribution in [2.45, 2.75) is 46.3 Å². The number of nitrogens with zero attached hydrogens (tertiary/aromatic N) is 2. The molecule has 2 heterocycles. The van der Waals surface area contributed by atoms with Crippen molar-refractivity contribution in [1.29, 1.82) is 0 Å². The van der Waals surface area contributed by atoms with Crippen molar-refractivity contribution in [3.63, 3.8) is 0 Å². The van der Waals surface area contributed by atoms with Crippen molar-refractivity contribution >= 4 is 11.9 Å². The molecule has 1 aliphatic heterocycles. The lowest BCUT2D eigenvalue weighted by atomic mass is 9.93. The van der Waals surface area contributed by atoms with E-state index >= 15 is 0 Å². The molecule has 0 aromatic carbocycles. The fourth-order valence-electron chi connectivity index (χ4n) is 1.87. The van der Waals surface area contributed by atoms with Gasteiger partial charge in [0.2, 0.25) is 5.95 Å². The van der Waals surface area contributed by atoms with Gasteiger partial charge in [0.05, 0.1) is 6.20 Å². The molecule has 0 aliphatic carbocycles. The third-order valence-electron chi connectivity index (χ3n) is 3.36. The van der Waals surface area contributed by atoms with Crippen LogP contribution in [0.25, 0.3) is 0 Å². The molecule has 0 bridgehead atoms. The van der Waals surface area contributed by atoms with Gasteiger partial charge in [0, 0.05) is 16.7 Å². The highest BCUT2D eigenvalue weighted by Crippen LogP contribution is 2.29. The highest BCUT2D eigenvalue weighted by atomic mass is 16.3. The Hall–Kier alpha value is -1.62. The van der Waals surface area contributed by atoms with Gasteiger partial charge in [0.25, 0.3) is 5.91 Å². The standard InChI is InChI=1S/C13H19N3O2/c1-7-8(2)11(18)16(10(7)17)12-14-6-9(15-12)13(3,4)5/h6,10,17H,1-5H3,(H,14,15). The first-order chi connectivity index (χ1) is 8.23. The number of H-pyrrole nitrogens is 1. The van der Waals surface area contributed by atoms with Crippen LogP contribution in [0.1, 0.15) is 40.3 Å². The number of nitrogens with one attached hydrogen (secondary N) is 1. The Morgan fingerprint density at radius 2 is 2.00 bits per heavy atom. The van der Waals surface area contributed by atoms with Crippen LogP contribution in [-0.2, 0) is 10.2 Å². The van der Waals surface area contributed by atoms with Crippen molar-refractivity contribution in [1.82, 2.24) is 9.97 Å². The molecule has 1 amide bonds. The van der Waals surface area contributed by atoms with Gasteiger partial charge in [-0.25, -0.2) is 9.88 Å². The summed E-state index contributed by atoms with van der Waals surface area (Å²) in [5.41, 5.74) is 2.11. The van der Waals surface area contributed by atoms with Crippen molar-refractivity contribution in [3.8, 4) is 0 Å². The number of aliphatic hydroxyl groups excluding tert-OH is 1. The van der Waals surface area contributed by atoms with E-state index in [0.717, 1.165) is 5.69 Å². The van der Waals surface area contributed by atoms with Crippen molar-refractivity contribution in [2.24, 2.45) is 0 Å². The van der Waals surface area contributed by atoms with E-state index in [9.17, 15) is 9.90 Å². The van der Waals surface area contributed by atoms with Crippen LogP contribution in [0.15, 0.2) is 17.3 Å². The predicted octanol–water partition coefficient (Wildman–Crippen LogP) is 1.71.